The maximum Gasteiger partial charge on any atom is 0.411 e. The van der Waals surface area contributed by atoms with E-state index in [1.54, 1.807) is 24.3 Å². The Balaban J connectivity index is 1.64. The van der Waals surface area contributed by atoms with Gasteiger partial charge >= 0.3 is 6.18 Å². The van der Waals surface area contributed by atoms with Gasteiger partial charge in [0, 0.05) is 11.1 Å². The van der Waals surface area contributed by atoms with Crippen LogP contribution in [0.2, 0.25) is 0 Å². The lowest BCUT2D eigenvalue weighted by molar-refractivity contribution is -0.176. The quantitative estimate of drug-likeness (QED) is 0.522. The summed E-state index contributed by atoms with van der Waals surface area (Å²) in [5.41, 5.74) is 1.22. The zero-order valence-electron chi connectivity index (χ0n) is 15.9. The molecule has 0 aliphatic heterocycles. The summed E-state index contributed by atoms with van der Waals surface area (Å²) in [5, 5.41) is 15.9. The lowest BCUT2D eigenvalue weighted by Crippen LogP contribution is -2.31. The van der Waals surface area contributed by atoms with E-state index in [1.165, 1.54) is 12.1 Å². The van der Waals surface area contributed by atoms with Crippen molar-refractivity contribution in [3.05, 3.63) is 71.4 Å². The summed E-state index contributed by atoms with van der Waals surface area (Å²) in [6.45, 7) is -2.07. The van der Waals surface area contributed by atoms with Crippen molar-refractivity contribution in [2.45, 2.75) is 18.8 Å². The Labute approximate surface area is 173 Å². The topological polar surface area (TPSA) is 97.5 Å². The van der Waals surface area contributed by atoms with Crippen molar-refractivity contribution >= 4 is 5.91 Å². The van der Waals surface area contributed by atoms with Crippen molar-refractivity contribution in [3.63, 3.8) is 0 Å². The van der Waals surface area contributed by atoms with Crippen LogP contribution in [0.4, 0.5) is 17.6 Å². The highest BCUT2D eigenvalue weighted by Gasteiger charge is 2.27. The molecule has 0 bridgehead atoms. The van der Waals surface area contributed by atoms with Crippen LogP contribution in [-0.4, -0.2) is 40.5 Å². The van der Waals surface area contributed by atoms with Crippen molar-refractivity contribution in [2.24, 2.45) is 0 Å². The van der Waals surface area contributed by atoms with E-state index in [0.29, 0.717) is 11.1 Å². The molecule has 31 heavy (non-hydrogen) atoms. The molecule has 0 saturated heterocycles. The summed E-state index contributed by atoms with van der Waals surface area (Å²) in [6, 6.07) is 10.1. The standard InChI is InChI=1S/C20H17F4N3O4/c21-15-7-5-14(6-8-15)18(29)25-16(9-28)19-26-17(27-31-19)13-3-1-12(2-4-13)10-30-11-20(22,23)24/h1-8,16,28H,9-11H2,(H,25,29)/t16-/m0/s1. The number of halogens is 4. The SMILES string of the molecule is O=C(N[C@@H](CO)c1nc(-c2ccc(COCC(F)(F)F)cc2)no1)c1ccc(F)cc1. The van der Waals surface area contributed by atoms with Gasteiger partial charge in [-0.25, -0.2) is 4.39 Å². The molecule has 0 spiro atoms. The number of nitrogens with one attached hydrogen (secondary N) is 1. The second kappa shape index (κ2) is 9.67. The van der Waals surface area contributed by atoms with Crippen LogP contribution in [0.1, 0.15) is 27.9 Å². The third-order valence-corrected chi connectivity index (χ3v) is 4.08. The number of alkyl halides is 3. The number of ether oxygens (including phenoxy) is 1. The highest BCUT2D eigenvalue weighted by Crippen LogP contribution is 2.21. The zero-order chi connectivity index (χ0) is 22.4. The normalized spacial score (nSPS) is 12.5. The van der Waals surface area contributed by atoms with E-state index in [0.717, 1.165) is 12.1 Å². The van der Waals surface area contributed by atoms with Crippen LogP contribution in [0.3, 0.4) is 0 Å². The number of benzene rings is 2. The first-order valence-electron chi connectivity index (χ1n) is 9.00. The molecule has 1 heterocycles. The Kier molecular flexibility index (Phi) is 6.98. The first-order valence-corrected chi connectivity index (χ1v) is 9.00. The van der Waals surface area contributed by atoms with E-state index < -0.39 is 37.2 Å². The van der Waals surface area contributed by atoms with Crippen molar-refractivity contribution in [3.8, 4) is 11.4 Å². The number of aliphatic hydroxyl groups excluding tert-OH is 1. The summed E-state index contributed by atoms with van der Waals surface area (Å²) in [5.74, 6) is -0.950. The van der Waals surface area contributed by atoms with E-state index in [4.69, 9.17) is 4.52 Å². The lowest BCUT2D eigenvalue weighted by Gasteiger charge is -2.12. The molecular formula is C20H17F4N3O4. The van der Waals surface area contributed by atoms with Gasteiger partial charge in [-0.15, -0.1) is 0 Å². The van der Waals surface area contributed by atoms with Crippen LogP contribution in [0.5, 0.6) is 0 Å². The minimum absolute atomic E-state index is 0.0504. The number of carbonyl (C=O) groups excluding carboxylic acids is 1. The van der Waals surface area contributed by atoms with Gasteiger partial charge < -0.3 is 19.7 Å². The molecule has 164 valence electrons. The Morgan fingerprint density at radius 2 is 1.81 bits per heavy atom. The first kappa shape index (κ1) is 22.4. The molecule has 3 aromatic rings. The summed E-state index contributed by atoms with van der Waals surface area (Å²) in [6.07, 6.45) is -4.39. The smallest absolute Gasteiger partial charge is 0.394 e. The monoisotopic (exact) mass is 439 g/mol. The van der Waals surface area contributed by atoms with Crippen LogP contribution in [0, 0.1) is 5.82 Å². The van der Waals surface area contributed by atoms with Gasteiger partial charge in [-0.05, 0) is 29.8 Å². The van der Waals surface area contributed by atoms with E-state index in [2.05, 4.69) is 20.2 Å². The molecule has 0 saturated carbocycles. The molecule has 1 atom stereocenters. The van der Waals surface area contributed by atoms with Crippen LogP contribution in [0.15, 0.2) is 53.1 Å². The zero-order valence-corrected chi connectivity index (χ0v) is 15.9. The summed E-state index contributed by atoms with van der Waals surface area (Å²) >= 11 is 0. The van der Waals surface area contributed by atoms with Crippen LogP contribution < -0.4 is 5.32 Å². The molecule has 0 unspecified atom stereocenters. The van der Waals surface area contributed by atoms with Crippen molar-refractivity contribution in [1.29, 1.82) is 0 Å². The molecule has 7 nitrogen and oxygen atoms in total. The number of amides is 1. The minimum Gasteiger partial charge on any atom is -0.394 e. The first-order chi connectivity index (χ1) is 14.7. The Morgan fingerprint density at radius 1 is 1.13 bits per heavy atom. The van der Waals surface area contributed by atoms with E-state index >= 15 is 0 Å². The van der Waals surface area contributed by atoms with Crippen molar-refractivity contribution in [1.82, 2.24) is 15.5 Å². The molecule has 3 rings (SSSR count). The Hall–Kier alpha value is -3.31. The molecule has 0 aliphatic rings. The summed E-state index contributed by atoms with van der Waals surface area (Å²) in [4.78, 5) is 16.4. The number of aromatic nitrogens is 2. The molecule has 1 aromatic heterocycles. The predicted molar refractivity (Wildman–Crippen MR) is 99.1 cm³/mol. The van der Waals surface area contributed by atoms with Gasteiger partial charge in [-0.3, -0.25) is 4.79 Å². The molecule has 2 aromatic carbocycles. The average molecular weight is 439 g/mol. The lowest BCUT2D eigenvalue weighted by atomic mass is 10.1. The maximum absolute atomic E-state index is 13.0. The van der Waals surface area contributed by atoms with Crippen LogP contribution in [-0.2, 0) is 11.3 Å². The number of nitrogens with zero attached hydrogens (tertiary/aromatic N) is 2. The van der Waals surface area contributed by atoms with Gasteiger partial charge in [0.05, 0.1) is 13.2 Å². The molecule has 0 aliphatic carbocycles. The predicted octanol–water partition coefficient (Wildman–Crippen LogP) is 3.42. The molecule has 11 heteroatoms. The van der Waals surface area contributed by atoms with E-state index in [1.807, 2.05) is 0 Å². The highest BCUT2D eigenvalue weighted by molar-refractivity contribution is 5.94. The van der Waals surface area contributed by atoms with Crippen molar-refractivity contribution < 1.29 is 36.7 Å². The van der Waals surface area contributed by atoms with Gasteiger partial charge in [0.1, 0.15) is 18.5 Å². The second-order valence-electron chi connectivity index (χ2n) is 6.48. The molecular weight excluding hydrogens is 422 g/mol. The molecule has 2 N–H and O–H groups in total. The number of aliphatic hydroxyl groups is 1. The second-order valence-corrected chi connectivity index (χ2v) is 6.48. The van der Waals surface area contributed by atoms with Gasteiger partial charge in [-0.2, -0.15) is 18.2 Å². The van der Waals surface area contributed by atoms with Gasteiger partial charge in [0.25, 0.3) is 11.8 Å². The molecule has 0 radical (unpaired) electrons. The van der Waals surface area contributed by atoms with Gasteiger partial charge in [0.2, 0.25) is 5.82 Å². The maximum atomic E-state index is 13.0. The number of hydrogen-bond acceptors (Lipinski definition) is 6. The van der Waals surface area contributed by atoms with Crippen LogP contribution >= 0.6 is 0 Å². The minimum atomic E-state index is -4.39. The summed E-state index contributed by atoms with van der Waals surface area (Å²) in [7, 11) is 0. The number of rotatable bonds is 8. The fourth-order valence-corrected chi connectivity index (χ4v) is 2.56. The average Bonchev–Trinajstić information content (AvgIpc) is 3.22. The van der Waals surface area contributed by atoms with E-state index in [9.17, 15) is 27.5 Å². The molecule has 0 fully saturated rings. The third kappa shape index (κ3) is 6.33. The molecule has 1 amide bonds. The van der Waals surface area contributed by atoms with Gasteiger partial charge in [-0.1, -0.05) is 29.4 Å². The fourth-order valence-electron chi connectivity index (χ4n) is 2.56. The Morgan fingerprint density at radius 3 is 2.42 bits per heavy atom. The van der Waals surface area contributed by atoms with E-state index in [-0.39, 0.29) is 23.9 Å². The third-order valence-electron chi connectivity index (χ3n) is 4.08. The fraction of sp³-hybridized carbons (Fsp3) is 0.250. The number of carbonyl (C=O) groups is 1. The number of hydrogen-bond donors (Lipinski definition) is 2. The Bertz CT molecular complexity index is 1000. The van der Waals surface area contributed by atoms with Crippen molar-refractivity contribution in [2.75, 3.05) is 13.2 Å². The largest absolute Gasteiger partial charge is 0.411 e. The van der Waals surface area contributed by atoms with Crippen LogP contribution in [0.25, 0.3) is 11.4 Å². The van der Waals surface area contributed by atoms with Gasteiger partial charge in [0.15, 0.2) is 0 Å². The highest BCUT2D eigenvalue weighted by atomic mass is 19.4. The summed E-state index contributed by atoms with van der Waals surface area (Å²) < 4.78 is 59.1.